The van der Waals surface area contributed by atoms with E-state index < -0.39 is 11.7 Å². The Kier molecular flexibility index (Phi) is 4.43. The Labute approximate surface area is 145 Å². The molecule has 0 aromatic carbocycles. The highest BCUT2D eigenvalue weighted by atomic mass is 16.6. The summed E-state index contributed by atoms with van der Waals surface area (Å²) in [6, 6.07) is 5.25. The molecule has 3 heterocycles. The minimum absolute atomic E-state index is 0.272. The maximum atomic E-state index is 12.5. The molecule has 0 bridgehead atoms. The fourth-order valence-corrected chi connectivity index (χ4v) is 2.58. The van der Waals surface area contributed by atoms with Crippen LogP contribution in [0.3, 0.4) is 0 Å². The first-order chi connectivity index (χ1) is 11.8. The highest BCUT2D eigenvalue weighted by Crippen LogP contribution is 2.23. The SMILES string of the molecule is CC(C)(C)OC(=O)N1CCc2[nH]nc(C(=O)Nc3ccccn3)c2C1. The van der Waals surface area contributed by atoms with Gasteiger partial charge in [-0.3, -0.25) is 9.89 Å². The van der Waals surface area contributed by atoms with Gasteiger partial charge in [-0.1, -0.05) is 6.07 Å². The summed E-state index contributed by atoms with van der Waals surface area (Å²) in [6.07, 6.45) is 1.80. The number of H-pyrrole nitrogens is 1. The third-order valence-corrected chi connectivity index (χ3v) is 3.71. The van der Waals surface area contributed by atoms with Crippen molar-refractivity contribution in [2.75, 3.05) is 11.9 Å². The number of anilines is 1. The molecule has 8 heteroatoms. The number of carbonyl (C=O) groups excluding carboxylic acids is 2. The van der Waals surface area contributed by atoms with Crippen LogP contribution in [0.4, 0.5) is 10.6 Å². The third-order valence-electron chi connectivity index (χ3n) is 3.71. The zero-order valence-corrected chi connectivity index (χ0v) is 14.5. The summed E-state index contributed by atoms with van der Waals surface area (Å²) >= 11 is 0. The van der Waals surface area contributed by atoms with E-state index in [9.17, 15) is 9.59 Å². The van der Waals surface area contributed by atoms with Crippen LogP contribution in [0.15, 0.2) is 24.4 Å². The minimum atomic E-state index is -0.563. The van der Waals surface area contributed by atoms with Crippen molar-refractivity contribution in [3.63, 3.8) is 0 Å². The van der Waals surface area contributed by atoms with Gasteiger partial charge in [0.2, 0.25) is 0 Å². The first-order valence-corrected chi connectivity index (χ1v) is 8.10. The number of rotatable bonds is 2. The Morgan fingerprint density at radius 3 is 2.80 bits per heavy atom. The van der Waals surface area contributed by atoms with Crippen molar-refractivity contribution in [2.45, 2.75) is 39.3 Å². The number of hydrogen-bond acceptors (Lipinski definition) is 5. The molecule has 2 aromatic heterocycles. The molecule has 0 saturated carbocycles. The Bertz CT molecular complexity index is 779. The molecular weight excluding hydrogens is 322 g/mol. The first kappa shape index (κ1) is 16.9. The summed E-state index contributed by atoms with van der Waals surface area (Å²) in [5, 5.41) is 9.72. The van der Waals surface area contributed by atoms with Crippen molar-refractivity contribution in [2.24, 2.45) is 0 Å². The van der Waals surface area contributed by atoms with Crippen molar-refractivity contribution in [3.8, 4) is 0 Å². The molecule has 2 aromatic rings. The van der Waals surface area contributed by atoms with Gasteiger partial charge in [0.1, 0.15) is 11.4 Å². The summed E-state index contributed by atoms with van der Waals surface area (Å²) in [5.41, 5.74) is 1.29. The maximum Gasteiger partial charge on any atom is 0.410 e. The summed E-state index contributed by atoms with van der Waals surface area (Å²) < 4.78 is 5.41. The largest absolute Gasteiger partial charge is 0.444 e. The molecule has 0 spiro atoms. The summed E-state index contributed by atoms with van der Waals surface area (Å²) in [7, 11) is 0. The van der Waals surface area contributed by atoms with E-state index in [1.54, 1.807) is 29.3 Å². The Morgan fingerprint density at radius 2 is 2.12 bits per heavy atom. The van der Waals surface area contributed by atoms with E-state index in [-0.39, 0.29) is 18.1 Å². The molecule has 2 N–H and O–H groups in total. The van der Waals surface area contributed by atoms with Crippen molar-refractivity contribution in [1.29, 1.82) is 0 Å². The van der Waals surface area contributed by atoms with Gasteiger partial charge in [-0.25, -0.2) is 9.78 Å². The van der Waals surface area contributed by atoms with E-state index in [0.717, 1.165) is 5.69 Å². The summed E-state index contributed by atoms with van der Waals surface area (Å²) in [4.78, 5) is 30.4. The van der Waals surface area contributed by atoms with Crippen LogP contribution in [0.2, 0.25) is 0 Å². The van der Waals surface area contributed by atoms with Crippen LogP contribution < -0.4 is 5.32 Å². The highest BCUT2D eigenvalue weighted by molar-refractivity contribution is 6.03. The first-order valence-electron chi connectivity index (χ1n) is 8.10. The topological polar surface area (TPSA) is 100 Å². The zero-order chi connectivity index (χ0) is 18.0. The number of pyridine rings is 1. The van der Waals surface area contributed by atoms with Gasteiger partial charge in [-0.05, 0) is 32.9 Å². The second-order valence-corrected chi connectivity index (χ2v) is 6.85. The van der Waals surface area contributed by atoms with Gasteiger partial charge in [0, 0.05) is 30.4 Å². The molecule has 132 valence electrons. The molecule has 0 saturated heterocycles. The fraction of sp³-hybridized carbons (Fsp3) is 0.412. The zero-order valence-electron chi connectivity index (χ0n) is 14.5. The summed E-state index contributed by atoms with van der Waals surface area (Å²) in [6.45, 7) is 6.27. The molecule has 0 atom stereocenters. The average molecular weight is 343 g/mol. The van der Waals surface area contributed by atoms with Crippen LogP contribution >= 0.6 is 0 Å². The van der Waals surface area contributed by atoms with Crippen LogP contribution in [0.5, 0.6) is 0 Å². The molecule has 0 radical (unpaired) electrons. The predicted molar refractivity (Wildman–Crippen MR) is 91.1 cm³/mol. The van der Waals surface area contributed by atoms with Crippen molar-refractivity contribution >= 4 is 17.8 Å². The number of amides is 2. The minimum Gasteiger partial charge on any atom is -0.444 e. The number of aromatic nitrogens is 3. The van der Waals surface area contributed by atoms with E-state index in [1.807, 2.05) is 20.8 Å². The molecule has 25 heavy (non-hydrogen) atoms. The van der Waals surface area contributed by atoms with E-state index in [0.29, 0.717) is 24.3 Å². The van der Waals surface area contributed by atoms with Gasteiger partial charge < -0.3 is 15.0 Å². The number of nitrogens with one attached hydrogen (secondary N) is 2. The fourth-order valence-electron chi connectivity index (χ4n) is 2.58. The second kappa shape index (κ2) is 6.54. The van der Waals surface area contributed by atoms with Crippen LogP contribution in [0, 0.1) is 0 Å². The number of aromatic amines is 1. The molecule has 8 nitrogen and oxygen atoms in total. The van der Waals surface area contributed by atoms with Gasteiger partial charge in [-0.2, -0.15) is 5.10 Å². The molecule has 1 aliphatic rings. The normalized spacial score (nSPS) is 14.0. The van der Waals surface area contributed by atoms with E-state index in [2.05, 4.69) is 20.5 Å². The highest BCUT2D eigenvalue weighted by Gasteiger charge is 2.30. The number of hydrogen-bond donors (Lipinski definition) is 2. The number of ether oxygens (including phenoxy) is 1. The van der Waals surface area contributed by atoms with Crippen LogP contribution in [-0.2, 0) is 17.7 Å². The van der Waals surface area contributed by atoms with E-state index in [1.165, 1.54) is 0 Å². The lowest BCUT2D eigenvalue weighted by molar-refractivity contribution is 0.0222. The summed E-state index contributed by atoms with van der Waals surface area (Å²) in [5.74, 6) is 0.0892. The lowest BCUT2D eigenvalue weighted by Crippen LogP contribution is -2.40. The van der Waals surface area contributed by atoms with Crippen molar-refractivity contribution < 1.29 is 14.3 Å². The van der Waals surface area contributed by atoms with Gasteiger partial charge >= 0.3 is 6.09 Å². The molecule has 3 rings (SSSR count). The average Bonchev–Trinajstić information content (AvgIpc) is 2.97. The molecular formula is C17H21N5O3. The van der Waals surface area contributed by atoms with E-state index in [4.69, 9.17) is 4.74 Å². The predicted octanol–water partition coefficient (Wildman–Crippen LogP) is 2.35. The van der Waals surface area contributed by atoms with Crippen LogP contribution in [0.25, 0.3) is 0 Å². The molecule has 1 aliphatic heterocycles. The molecule has 0 fully saturated rings. The van der Waals surface area contributed by atoms with Crippen LogP contribution in [0.1, 0.15) is 42.5 Å². The number of carbonyl (C=O) groups is 2. The van der Waals surface area contributed by atoms with E-state index >= 15 is 0 Å². The van der Waals surface area contributed by atoms with Gasteiger partial charge in [0.05, 0.1) is 6.54 Å². The van der Waals surface area contributed by atoms with Crippen LogP contribution in [-0.4, -0.2) is 44.2 Å². The van der Waals surface area contributed by atoms with Gasteiger partial charge in [-0.15, -0.1) is 0 Å². The lowest BCUT2D eigenvalue weighted by Gasteiger charge is -2.30. The van der Waals surface area contributed by atoms with Gasteiger partial charge in [0.15, 0.2) is 5.69 Å². The standard InChI is InChI=1S/C17H21N5O3/c1-17(2,3)25-16(24)22-9-7-12-11(10-22)14(21-20-12)15(23)19-13-6-4-5-8-18-13/h4-6,8H,7,9-10H2,1-3H3,(H,20,21)(H,18,19,23). The maximum absolute atomic E-state index is 12.5. The Morgan fingerprint density at radius 1 is 1.32 bits per heavy atom. The third kappa shape index (κ3) is 3.96. The Hall–Kier alpha value is -2.90. The molecule has 2 amide bonds. The number of nitrogens with zero attached hydrogens (tertiary/aromatic N) is 3. The van der Waals surface area contributed by atoms with Crippen molar-refractivity contribution in [3.05, 3.63) is 41.3 Å². The second-order valence-electron chi connectivity index (χ2n) is 6.85. The number of fused-ring (bicyclic) bond motifs is 1. The molecule has 0 aliphatic carbocycles. The van der Waals surface area contributed by atoms with Crippen molar-refractivity contribution in [1.82, 2.24) is 20.1 Å². The van der Waals surface area contributed by atoms with Gasteiger partial charge in [0.25, 0.3) is 5.91 Å². The smallest absolute Gasteiger partial charge is 0.410 e. The monoisotopic (exact) mass is 343 g/mol. The molecule has 0 unspecified atom stereocenters. The quantitative estimate of drug-likeness (QED) is 0.872. The lowest BCUT2D eigenvalue weighted by atomic mass is 10.1. The Balaban J connectivity index is 1.75.